The van der Waals surface area contributed by atoms with Gasteiger partial charge < -0.3 is 15.4 Å². The lowest BCUT2D eigenvalue weighted by molar-refractivity contribution is 0.414. The van der Waals surface area contributed by atoms with Crippen molar-refractivity contribution in [3.8, 4) is 5.75 Å². The van der Waals surface area contributed by atoms with Gasteiger partial charge in [0.1, 0.15) is 5.75 Å². The van der Waals surface area contributed by atoms with Crippen molar-refractivity contribution in [3.05, 3.63) is 29.8 Å². The fourth-order valence-electron chi connectivity index (χ4n) is 1.80. The number of hydrogen-bond donors (Lipinski definition) is 2. The Labute approximate surface area is 104 Å². The third-order valence-corrected chi connectivity index (χ3v) is 3.06. The van der Waals surface area contributed by atoms with E-state index in [2.05, 4.69) is 22.8 Å². The maximum absolute atomic E-state index is 5.13. The third-order valence-electron chi connectivity index (χ3n) is 3.06. The van der Waals surface area contributed by atoms with Gasteiger partial charge in [0.25, 0.3) is 0 Å². The van der Waals surface area contributed by atoms with Crippen LogP contribution in [0.5, 0.6) is 5.75 Å². The van der Waals surface area contributed by atoms with Gasteiger partial charge in [-0.2, -0.15) is 0 Å². The van der Waals surface area contributed by atoms with E-state index >= 15 is 0 Å². The first-order chi connectivity index (χ1) is 8.38. The fraction of sp³-hybridized carbons (Fsp3) is 0.571. The summed E-state index contributed by atoms with van der Waals surface area (Å²) >= 11 is 0. The van der Waals surface area contributed by atoms with Crippen molar-refractivity contribution in [2.75, 3.05) is 26.7 Å². The number of hydrogen-bond acceptors (Lipinski definition) is 3. The molecule has 0 heterocycles. The minimum absolute atomic E-state index is 0.818. The van der Waals surface area contributed by atoms with Crippen LogP contribution in [0.15, 0.2) is 24.3 Å². The quantitative estimate of drug-likeness (QED) is 0.670. The Morgan fingerprint density at radius 3 is 2.53 bits per heavy atom. The Balaban J connectivity index is 1.53. The lowest BCUT2D eigenvalue weighted by atomic mass is 10.1. The number of ether oxygens (including phenoxy) is 1. The molecule has 3 heteroatoms. The van der Waals surface area contributed by atoms with Crippen molar-refractivity contribution >= 4 is 0 Å². The maximum atomic E-state index is 5.13. The molecule has 0 aliphatic heterocycles. The predicted molar refractivity (Wildman–Crippen MR) is 70.6 cm³/mol. The minimum atomic E-state index is 0.818. The van der Waals surface area contributed by atoms with Crippen LogP contribution in [0, 0.1) is 0 Å². The highest BCUT2D eigenvalue weighted by Gasteiger charge is 2.19. The minimum Gasteiger partial charge on any atom is -0.497 e. The van der Waals surface area contributed by atoms with Crippen molar-refractivity contribution in [2.24, 2.45) is 0 Å². The van der Waals surface area contributed by atoms with E-state index in [4.69, 9.17) is 4.74 Å². The maximum Gasteiger partial charge on any atom is 0.118 e. The van der Waals surface area contributed by atoms with Gasteiger partial charge in [-0.05, 0) is 43.5 Å². The zero-order chi connectivity index (χ0) is 11.9. The number of methoxy groups -OCH3 is 1. The van der Waals surface area contributed by atoms with E-state index in [1.54, 1.807) is 7.11 Å². The largest absolute Gasteiger partial charge is 0.497 e. The average molecular weight is 234 g/mol. The Morgan fingerprint density at radius 1 is 1.12 bits per heavy atom. The first kappa shape index (κ1) is 12.4. The Hall–Kier alpha value is -1.06. The van der Waals surface area contributed by atoms with Gasteiger partial charge in [0.2, 0.25) is 0 Å². The molecule has 0 radical (unpaired) electrons. The molecule has 1 aliphatic rings. The summed E-state index contributed by atoms with van der Waals surface area (Å²) in [6.07, 6.45) is 3.81. The van der Waals surface area contributed by atoms with Gasteiger partial charge in [0.15, 0.2) is 0 Å². The highest BCUT2D eigenvalue weighted by Crippen LogP contribution is 2.17. The third kappa shape index (κ3) is 4.75. The van der Waals surface area contributed by atoms with Crippen molar-refractivity contribution in [1.82, 2.24) is 10.6 Å². The second-order valence-corrected chi connectivity index (χ2v) is 4.58. The van der Waals surface area contributed by atoms with Crippen LogP contribution in [0.1, 0.15) is 18.4 Å². The van der Waals surface area contributed by atoms with Crippen molar-refractivity contribution in [2.45, 2.75) is 25.3 Å². The summed E-state index contributed by atoms with van der Waals surface area (Å²) in [6, 6.07) is 9.11. The molecular weight excluding hydrogens is 212 g/mol. The second kappa shape index (κ2) is 6.62. The van der Waals surface area contributed by atoms with Gasteiger partial charge in [0, 0.05) is 19.1 Å². The van der Waals surface area contributed by atoms with Gasteiger partial charge >= 0.3 is 0 Å². The van der Waals surface area contributed by atoms with E-state index in [-0.39, 0.29) is 0 Å². The second-order valence-electron chi connectivity index (χ2n) is 4.58. The number of nitrogens with one attached hydrogen (secondary N) is 2. The smallest absolute Gasteiger partial charge is 0.118 e. The molecule has 1 aliphatic carbocycles. The van der Waals surface area contributed by atoms with Crippen LogP contribution < -0.4 is 15.4 Å². The van der Waals surface area contributed by atoms with Crippen LogP contribution in [-0.2, 0) is 6.42 Å². The summed E-state index contributed by atoms with van der Waals surface area (Å²) in [5.74, 6) is 0.926. The van der Waals surface area contributed by atoms with Gasteiger partial charge in [-0.15, -0.1) is 0 Å². The van der Waals surface area contributed by atoms with E-state index < -0.39 is 0 Å². The highest BCUT2D eigenvalue weighted by atomic mass is 16.5. The van der Waals surface area contributed by atoms with Crippen molar-refractivity contribution in [1.29, 1.82) is 0 Å². The molecule has 1 aromatic carbocycles. The number of benzene rings is 1. The normalized spacial score (nSPS) is 14.9. The highest BCUT2D eigenvalue weighted by molar-refractivity contribution is 5.27. The standard InChI is InChI=1S/C14H22N2O/c1-17-14-6-2-12(3-7-14)8-9-15-10-11-16-13-4-5-13/h2-3,6-7,13,15-16H,4-5,8-11H2,1H3. The van der Waals surface area contributed by atoms with Gasteiger partial charge in [0.05, 0.1) is 7.11 Å². The molecule has 0 unspecified atom stereocenters. The molecular formula is C14H22N2O. The molecule has 1 fully saturated rings. The van der Waals surface area contributed by atoms with Crippen LogP contribution in [0.2, 0.25) is 0 Å². The van der Waals surface area contributed by atoms with Crippen LogP contribution in [0.25, 0.3) is 0 Å². The first-order valence-corrected chi connectivity index (χ1v) is 6.45. The van der Waals surface area contributed by atoms with Gasteiger partial charge in [-0.1, -0.05) is 12.1 Å². The van der Waals surface area contributed by atoms with E-state index in [9.17, 15) is 0 Å². The van der Waals surface area contributed by atoms with E-state index in [0.717, 1.165) is 37.8 Å². The Kier molecular flexibility index (Phi) is 4.83. The SMILES string of the molecule is COc1ccc(CCNCCNC2CC2)cc1. The van der Waals surface area contributed by atoms with Crippen molar-refractivity contribution < 1.29 is 4.74 Å². The number of rotatable bonds is 8. The molecule has 17 heavy (non-hydrogen) atoms. The summed E-state index contributed by atoms with van der Waals surface area (Å²) < 4.78 is 5.13. The zero-order valence-electron chi connectivity index (χ0n) is 10.5. The fourth-order valence-corrected chi connectivity index (χ4v) is 1.80. The topological polar surface area (TPSA) is 33.3 Å². The van der Waals surface area contributed by atoms with E-state index in [0.29, 0.717) is 0 Å². The van der Waals surface area contributed by atoms with E-state index in [1.165, 1.54) is 18.4 Å². The summed E-state index contributed by atoms with van der Waals surface area (Å²) in [5.41, 5.74) is 1.36. The lowest BCUT2D eigenvalue weighted by Crippen LogP contribution is -2.29. The molecule has 0 bridgehead atoms. The van der Waals surface area contributed by atoms with Crippen molar-refractivity contribution in [3.63, 3.8) is 0 Å². The molecule has 0 spiro atoms. The summed E-state index contributed by atoms with van der Waals surface area (Å²) in [7, 11) is 1.70. The predicted octanol–water partition coefficient (Wildman–Crippen LogP) is 1.58. The molecule has 0 saturated heterocycles. The zero-order valence-corrected chi connectivity index (χ0v) is 10.5. The molecule has 3 nitrogen and oxygen atoms in total. The molecule has 1 aromatic rings. The molecule has 1 saturated carbocycles. The summed E-state index contributed by atoms with van der Waals surface area (Å²) in [6.45, 7) is 3.19. The molecule has 0 atom stereocenters. The van der Waals surface area contributed by atoms with E-state index in [1.807, 2.05) is 12.1 Å². The Bertz CT molecular complexity index is 319. The Morgan fingerprint density at radius 2 is 1.88 bits per heavy atom. The monoisotopic (exact) mass is 234 g/mol. The molecule has 2 N–H and O–H groups in total. The van der Waals surface area contributed by atoms with Gasteiger partial charge in [-0.25, -0.2) is 0 Å². The van der Waals surface area contributed by atoms with Crippen LogP contribution in [-0.4, -0.2) is 32.8 Å². The molecule has 0 amide bonds. The van der Waals surface area contributed by atoms with Crippen LogP contribution >= 0.6 is 0 Å². The summed E-state index contributed by atoms with van der Waals surface area (Å²) in [5, 5.41) is 6.94. The van der Waals surface area contributed by atoms with Crippen LogP contribution in [0.3, 0.4) is 0 Å². The molecule has 0 aromatic heterocycles. The summed E-state index contributed by atoms with van der Waals surface area (Å²) in [4.78, 5) is 0. The average Bonchev–Trinajstić information content (AvgIpc) is 3.18. The van der Waals surface area contributed by atoms with Gasteiger partial charge in [-0.3, -0.25) is 0 Å². The molecule has 2 rings (SSSR count). The lowest BCUT2D eigenvalue weighted by Gasteiger charge is -2.06. The first-order valence-electron chi connectivity index (χ1n) is 6.45. The van der Waals surface area contributed by atoms with Crippen LogP contribution in [0.4, 0.5) is 0 Å². The molecule has 94 valence electrons.